The number of pyridine rings is 1. The number of ether oxygens (including phenoxy) is 1. The molecule has 0 radical (unpaired) electrons. The Bertz CT molecular complexity index is 553. The van der Waals surface area contributed by atoms with Crippen LogP contribution >= 0.6 is 11.3 Å². The van der Waals surface area contributed by atoms with Crippen molar-refractivity contribution >= 4 is 17.0 Å². The van der Waals surface area contributed by atoms with E-state index in [1.165, 1.54) is 12.3 Å². The van der Waals surface area contributed by atoms with Crippen LogP contribution in [0.4, 0.5) is 5.69 Å². The van der Waals surface area contributed by atoms with Crippen molar-refractivity contribution in [2.45, 2.75) is 13.0 Å². The molecule has 2 aromatic rings. The van der Waals surface area contributed by atoms with Gasteiger partial charge in [-0.2, -0.15) is 0 Å². The number of aliphatic hydroxyl groups is 1. The molecule has 2 heterocycles. The van der Waals surface area contributed by atoms with Crippen molar-refractivity contribution in [3.05, 3.63) is 45.6 Å². The fraction of sp³-hybridized carbons (Fsp3) is 0.182. The molecule has 0 saturated heterocycles. The van der Waals surface area contributed by atoms with Gasteiger partial charge in [-0.15, -0.1) is 0 Å². The van der Waals surface area contributed by atoms with Gasteiger partial charge in [-0.3, -0.25) is 15.1 Å². The molecule has 1 N–H and O–H groups in total. The van der Waals surface area contributed by atoms with Crippen LogP contribution in [0.15, 0.2) is 30.6 Å². The Hall–Kier alpha value is -1.99. The van der Waals surface area contributed by atoms with Crippen molar-refractivity contribution in [3.8, 4) is 10.8 Å². The van der Waals surface area contributed by atoms with Crippen molar-refractivity contribution in [2.75, 3.05) is 0 Å². The maximum atomic E-state index is 10.9. The molecule has 0 unspecified atom stereocenters. The third kappa shape index (κ3) is 2.63. The minimum absolute atomic E-state index is 0.143. The first kappa shape index (κ1) is 12.5. The molecular formula is C11H10N2O4S. The molecular weight excluding hydrogens is 256 g/mol. The molecule has 1 atom stereocenters. The third-order valence-corrected chi connectivity index (χ3v) is 3.32. The maximum absolute atomic E-state index is 10.9. The highest BCUT2D eigenvalue weighted by Crippen LogP contribution is 2.41. The molecule has 0 spiro atoms. The van der Waals surface area contributed by atoms with Gasteiger partial charge >= 0.3 is 5.69 Å². The Kier molecular flexibility index (Phi) is 3.54. The molecule has 18 heavy (non-hydrogen) atoms. The van der Waals surface area contributed by atoms with Crippen LogP contribution in [-0.2, 0) is 0 Å². The molecule has 0 aliphatic rings. The number of hydrogen-bond acceptors (Lipinski definition) is 6. The first-order valence-electron chi connectivity index (χ1n) is 5.12. The van der Waals surface area contributed by atoms with Gasteiger partial charge in [0.25, 0.3) is 5.06 Å². The van der Waals surface area contributed by atoms with Gasteiger partial charge in [-0.25, -0.2) is 0 Å². The number of hydrogen-bond donors (Lipinski definition) is 1. The quantitative estimate of drug-likeness (QED) is 0.679. The van der Waals surface area contributed by atoms with Gasteiger partial charge in [0.15, 0.2) is 0 Å². The summed E-state index contributed by atoms with van der Waals surface area (Å²) >= 11 is 1.05. The van der Waals surface area contributed by atoms with Gasteiger partial charge in [-0.05, 0) is 19.1 Å². The number of aromatic nitrogens is 1. The molecule has 0 aliphatic heterocycles. The minimum Gasteiger partial charge on any atom is -0.438 e. The molecule has 7 heteroatoms. The average molecular weight is 266 g/mol. The van der Waals surface area contributed by atoms with Crippen molar-refractivity contribution in [1.29, 1.82) is 0 Å². The van der Waals surface area contributed by atoms with E-state index >= 15 is 0 Å². The zero-order valence-electron chi connectivity index (χ0n) is 9.44. The smallest absolute Gasteiger partial charge is 0.323 e. The molecule has 0 bridgehead atoms. The summed E-state index contributed by atoms with van der Waals surface area (Å²) in [7, 11) is 0. The summed E-state index contributed by atoms with van der Waals surface area (Å²) < 4.78 is 5.40. The largest absolute Gasteiger partial charge is 0.438 e. The number of nitro groups is 1. The third-order valence-electron chi connectivity index (χ3n) is 2.15. The van der Waals surface area contributed by atoms with Crippen LogP contribution < -0.4 is 4.74 Å². The lowest BCUT2D eigenvalue weighted by Crippen LogP contribution is -1.89. The Morgan fingerprint density at radius 3 is 2.94 bits per heavy atom. The van der Waals surface area contributed by atoms with Crippen LogP contribution in [0.2, 0.25) is 0 Å². The molecule has 6 nitrogen and oxygen atoms in total. The fourth-order valence-corrected chi connectivity index (χ4v) is 2.23. The first-order chi connectivity index (χ1) is 8.58. The molecule has 94 valence electrons. The van der Waals surface area contributed by atoms with E-state index in [0.29, 0.717) is 10.6 Å². The van der Waals surface area contributed by atoms with Gasteiger partial charge in [0.05, 0.1) is 17.2 Å². The highest BCUT2D eigenvalue weighted by Gasteiger charge is 2.22. The Morgan fingerprint density at radius 2 is 2.39 bits per heavy atom. The molecule has 0 aromatic carbocycles. The summed E-state index contributed by atoms with van der Waals surface area (Å²) in [6, 6.07) is 4.64. The van der Waals surface area contributed by atoms with Crippen LogP contribution in [0.5, 0.6) is 10.8 Å². The Morgan fingerprint density at radius 1 is 1.61 bits per heavy atom. The maximum Gasteiger partial charge on any atom is 0.323 e. The SMILES string of the molecule is C[C@@H](O)c1cc([N+](=O)[O-])c(Oc2cccnc2)s1. The van der Waals surface area contributed by atoms with E-state index < -0.39 is 11.0 Å². The summed E-state index contributed by atoms with van der Waals surface area (Å²) in [6.45, 7) is 1.55. The monoisotopic (exact) mass is 266 g/mol. The number of aliphatic hydroxyl groups excluding tert-OH is 1. The van der Waals surface area contributed by atoms with E-state index in [1.807, 2.05) is 0 Å². The zero-order valence-corrected chi connectivity index (χ0v) is 10.3. The summed E-state index contributed by atoms with van der Waals surface area (Å²) in [5, 5.41) is 20.5. The summed E-state index contributed by atoms with van der Waals surface area (Å²) in [6.07, 6.45) is 2.28. The average Bonchev–Trinajstić information content (AvgIpc) is 2.74. The minimum atomic E-state index is -0.764. The second-order valence-corrected chi connectivity index (χ2v) is 4.59. The van der Waals surface area contributed by atoms with Crippen molar-refractivity contribution in [1.82, 2.24) is 4.98 Å². The zero-order chi connectivity index (χ0) is 13.1. The molecule has 0 fully saturated rings. The van der Waals surface area contributed by atoms with Crippen LogP contribution in [0.1, 0.15) is 17.9 Å². The van der Waals surface area contributed by atoms with Crippen LogP contribution in [-0.4, -0.2) is 15.0 Å². The van der Waals surface area contributed by atoms with E-state index in [-0.39, 0.29) is 10.8 Å². The van der Waals surface area contributed by atoms with Crippen LogP contribution in [0.25, 0.3) is 0 Å². The molecule has 0 amide bonds. The molecule has 0 aliphatic carbocycles. The van der Waals surface area contributed by atoms with E-state index in [9.17, 15) is 15.2 Å². The predicted octanol–water partition coefficient (Wildman–Crippen LogP) is 2.90. The predicted molar refractivity (Wildman–Crippen MR) is 65.9 cm³/mol. The van der Waals surface area contributed by atoms with Gasteiger partial charge in [-0.1, -0.05) is 11.3 Å². The van der Waals surface area contributed by atoms with Crippen LogP contribution in [0, 0.1) is 10.1 Å². The Labute approximate surface area is 107 Å². The lowest BCUT2D eigenvalue weighted by atomic mass is 10.3. The number of thiophene rings is 1. The topological polar surface area (TPSA) is 85.5 Å². The van der Waals surface area contributed by atoms with E-state index in [1.54, 1.807) is 25.3 Å². The van der Waals surface area contributed by atoms with Crippen molar-refractivity contribution in [2.24, 2.45) is 0 Å². The van der Waals surface area contributed by atoms with Gasteiger partial charge in [0.1, 0.15) is 5.75 Å². The molecule has 0 saturated carbocycles. The van der Waals surface area contributed by atoms with Gasteiger partial charge in [0, 0.05) is 17.1 Å². The van der Waals surface area contributed by atoms with Crippen LogP contribution in [0.3, 0.4) is 0 Å². The number of nitrogens with zero attached hydrogens (tertiary/aromatic N) is 2. The second kappa shape index (κ2) is 5.11. The van der Waals surface area contributed by atoms with Crippen molar-refractivity contribution < 1.29 is 14.8 Å². The van der Waals surface area contributed by atoms with Gasteiger partial charge in [0.2, 0.25) is 0 Å². The first-order valence-corrected chi connectivity index (χ1v) is 5.93. The van der Waals surface area contributed by atoms with E-state index in [4.69, 9.17) is 4.74 Å². The van der Waals surface area contributed by atoms with E-state index in [0.717, 1.165) is 11.3 Å². The lowest BCUT2D eigenvalue weighted by molar-refractivity contribution is -0.385. The number of rotatable bonds is 4. The summed E-state index contributed by atoms with van der Waals surface area (Å²) in [4.78, 5) is 14.7. The molecule has 2 rings (SSSR count). The normalized spacial score (nSPS) is 12.1. The highest BCUT2D eigenvalue weighted by molar-refractivity contribution is 7.14. The van der Waals surface area contributed by atoms with Crippen molar-refractivity contribution in [3.63, 3.8) is 0 Å². The summed E-state index contributed by atoms with van der Waals surface area (Å²) in [5.74, 6) is 0.416. The second-order valence-electron chi connectivity index (χ2n) is 3.55. The molecule has 2 aromatic heterocycles. The fourth-order valence-electron chi connectivity index (χ4n) is 1.30. The highest BCUT2D eigenvalue weighted by atomic mass is 32.1. The standard InChI is InChI=1S/C11H10N2O4S/c1-7(14)10-5-9(13(15)16)11(18-10)17-8-3-2-4-12-6-8/h2-7,14H,1H3/t7-/m1/s1. The Balaban J connectivity index is 2.34. The summed E-state index contributed by atoms with van der Waals surface area (Å²) in [5.41, 5.74) is -0.153. The van der Waals surface area contributed by atoms with E-state index in [2.05, 4.69) is 4.98 Å². The van der Waals surface area contributed by atoms with Gasteiger partial charge < -0.3 is 9.84 Å². The lowest BCUT2D eigenvalue weighted by Gasteiger charge is -2.01.